The SMILES string of the molecule is O=C1c2ccccc2C(=O)N1CCOCCOCCOCCOc1ccccc1. The van der Waals surface area contributed by atoms with Crippen molar-refractivity contribution < 1.29 is 28.5 Å². The first-order valence-corrected chi connectivity index (χ1v) is 9.63. The normalized spacial score (nSPS) is 13.0. The minimum Gasteiger partial charge on any atom is -0.491 e. The molecule has 0 radical (unpaired) electrons. The van der Waals surface area contributed by atoms with E-state index in [2.05, 4.69) is 0 Å². The Morgan fingerprint density at radius 3 is 1.66 bits per heavy atom. The predicted octanol–water partition coefficient (Wildman–Crippen LogP) is 2.41. The van der Waals surface area contributed by atoms with Gasteiger partial charge in [-0.3, -0.25) is 14.5 Å². The molecule has 2 amide bonds. The summed E-state index contributed by atoms with van der Waals surface area (Å²) in [5.41, 5.74) is 0.907. The van der Waals surface area contributed by atoms with Gasteiger partial charge in [-0.2, -0.15) is 0 Å². The second-order valence-electron chi connectivity index (χ2n) is 6.31. The summed E-state index contributed by atoms with van der Waals surface area (Å²) < 4.78 is 21.8. The van der Waals surface area contributed by atoms with Crippen LogP contribution in [0.5, 0.6) is 5.75 Å². The number of para-hydroxylation sites is 1. The standard InChI is InChI=1S/C22H25NO6/c24-21-19-8-4-5-9-20(19)22(25)23(21)10-11-26-12-13-27-14-15-28-16-17-29-18-6-2-1-3-7-18/h1-9H,10-17H2. The van der Waals surface area contributed by atoms with Gasteiger partial charge in [-0.1, -0.05) is 30.3 Å². The lowest BCUT2D eigenvalue weighted by atomic mass is 10.1. The van der Waals surface area contributed by atoms with E-state index in [-0.39, 0.29) is 25.0 Å². The van der Waals surface area contributed by atoms with Gasteiger partial charge in [0.1, 0.15) is 12.4 Å². The Morgan fingerprint density at radius 1 is 0.586 bits per heavy atom. The lowest BCUT2D eigenvalue weighted by Crippen LogP contribution is -2.33. The maximum atomic E-state index is 12.2. The van der Waals surface area contributed by atoms with Crippen molar-refractivity contribution in [3.05, 3.63) is 65.7 Å². The third-order valence-corrected chi connectivity index (χ3v) is 4.32. The molecule has 1 heterocycles. The van der Waals surface area contributed by atoms with Crippen LogP contribution in [0.15, 0.2) is 54.6 Å². The molecule has 3 rings (SSSR count). The van der Waals surface area contributed by atoms with Crippen molar-refractivity contribution in [1.29, 1.82) is 0 Å². The van der Waals surface area contributed by atoms with Crippen LogP contribution in [0.4, 0.5) is 0 Å². The van der Waals surface area contributed by atoms with Crippen molar-refractivity contribution in [2.45, 2.75) is 0 Å². The molecule has 0 bridgehead atoms. The van der Waals surface area contributed by atoms with E-state index < -0.39 is 0 Å². The molecule has 0 saturated heterocycles. The van der Waals surface area contributed by atoms with Crippen LogP contribution in [-0.2, 0) is 14.2 Å². The molecule has 0 aromatic heterocycles. The number of hydrogen-bond donors (Lipinski definition) is 0. The smallest absolute Gasteiger partial charge is 0.261 e. The molecule has 0 spiro atoms. The Kier molecular flexibility index (Phi) is 8.18. The molecule has 0 N–H and O–H groups in total. The molecule has 2 aromatic carbocycles. The minimum absolute atomic E-state index is 0.233. The van der Waals surface area contributed by atoms with Gasteiger partial charge in [0.2, 0.25) is 0 Å². The molecular formula is C22H25NO6. The predicted molar refractivity (Wildman–Crippen MR) is 106 cm³/mol. The van der Waals surface area contributed by atoms with E-state index in [1.54, 1.807) is 24.3 Å². The number of amides is 2. The molecule has 0 atom stereocenters. The van der Waals surface area contributed by atoms with E-state index in [4.69, 9.17) is 18.9 Å². The van der Waals surface area contributed by atoms with Crippen LogP contribution < -0.4 is 4.74 Å². The zero-order chi connectivity index (χ0) is 20.3. The highest BCUT2D eigenvalue weighted by atomic mass is 16.6. The molecule has 7 heteroatoms. The summed E-state index contributed by atoms with van der Waals surface area (Å²) in [6, 6.07) is 16.4. The van der Waals surface area contributed by atoms with Gasteiger partial charge in [-0.25, -0.2) is 0 Å². The quantitative estimate of drug-likeness (QED) is 0.380. The van der Waals surface area contributed by atoms with Crippen LogP contribution in [0.1, 0.15) is 20.7 Å². The van der Waals surface area contributed by atoms with Crippen LogP contribution >= 0.6 is 0 Å². The lowest BCUT2D eigenvalue weighted by molar-refractivity contribution is 0.00673. The van der Waals surface area contributed by atoms with E-state index >= 15 is 0 Å². The average Bonchev–Trinajstić information content (AvgIpc) is 3.00. The molecule has 1 aliphatic rings. The third kappa shape index (κ3) is 6.12. The highest BCUT2D eigenvalue weighted by molar-refractivity contribution is 6.21. The Bertz CT molecular complexity index is 760. The average molecular weight is 399 g/mol. The number of imide groups is 1. The van der Waals surface area contributed by atoms with Gasteiger partial charge in [0.15, 0.2) is 0 Å². The zero-order valence-corrected chi connectivity index (χ0v) is 16.2. The summed E-state index contributed by atoms with van der Waals surface area (Å²) in [7, 11) is 0. The molecule has 154 valence electrons. The molecule has 7 nitrogen and oxygen atoms in total. The van der Waals surface area contributed by atoms with Gasteiger partial charge in [0.25, 0.3) is 11.8 Å². The third-order valence-electron chi connectivity index (χ3n) is 4.32. The first kappa shape index (κ1) is 21.0. The van der Waals surface area contributed by atoms with Gasteiger partial charge in [0, 0.05) is 0 Å². The van der Waals surface area contributed by atoms with Gasteiger partial charge in [0.05, 0.1) is 57.3 Å². The van der Waals surface area contributed by atoms with E-state index in [0.29, 0.717) is 50.8 Å². The number of benzene rings is 2. The molecule has 0 saturated carbocycles. The van der Waals surface area contributed by atoms with Gasteiger partial charge >= 0.3 is 0 Å². The van der Waals surface area contributed by atoms with Crippen LogP contribution in [0, 0.1) is 0 Å². The summed E-state index contributed by atoms with van der Waals surface area (Å²) in [6.45, 7) is 3.26. The van der Waals surface area contributed by atoms with Gasteiger partial charge in [-0.05, 0) is 24.3 Å². The Balaban J connectivity index is 1.15. The summed E-state index contributed by atoms with van der Waals surface area (Å²) in [4.78, 5) is 25.6. The monoisotopic (exact) mass is 399 g/mol. The van der Waals surface area contributed by atoms with E-state index in [9.17, 15) is 9.59 Å². The van der Waals surface area contributed by atoms with Crippen molar-refractivity contribution in [2.24, 2.45) is 0 Å². The Hall–Kier alpha value is -2.74. The Morgan fingerprint density at radius 2 is 1.07 bits per heavy atom. The maximum Gasteiger partial charge on any atom is 0.261 e. The number of fused-ring (bicyclic) bond motifs is 1. The largest absolute Gasteiger partial charge is 0.491 e. The number of nitrogens with zero attached hydrogens (tertiary/aromatic N) is 1. The van der Waals surface area contributed by atoms with Crippen LogP contribution in [-0.4, -0.2) is 69.5 Å². The number of carbonyl (C=O) groups is 2. The molecule has 0 fully saturated rings. The minimum atomic E-state index is -0.265. The zero-order valence-electron chi connectivity index (χ0n) is 16.2. The van der Waals surface area contributed by atoms with Crippen molar-refractivity contribution >= 4 is 11.8 Å². The van der Waals surface area contributed by atoms with E-state index in [0.717, 1.165) is 5.75 Å². The van der Waals surface area contributed by atoms with Gasteiger partial charge in [-0.15, -0.1) is 0 Å². The van der Waals surface area contributed by atoms with Crippen molar-refractivity contribution in [3.63, 3.8) is 0 Å². The summed E-state index contributed by atoms with van der Waals surface area (Å²) in [5, 5.41) is 0. The van der Waals surface area contributed by atoms with E-state index in [1.165, 1.54) is 4.90 Å². The molecular weight excluding hydrogens is 374 g/mol. The molecule has 1 aliphatic heterocycles. The van der Waals surface area contributed by atoms with Gasteiger partial charge < -0.3 is 18.9 Å². The Labute approximate surface area is 170 Å². The number of carbonyl (C=O) groups excluding carboxylic acids is 2. The molecule has 0 unspecified atom stereocenters. The summed E-state index contributed by atoms with van der Waals surface area (Å²) >= 11 is 0. The van der Waals surface area contributed by atoms with Crippen molar-refractivity contribution in [3.8, 4) is 5.75 Å². The lowest BCUT2D eigenvalue weighted by Gasteiger charge is -2.13. The number of rotatable bonds is 13. The first-order chi connectivity index (χ1) is 14.3. The number of hydrogen-bond acceptors (Lipinski definition) is 6. The topological polar surface area (TPSA) is 74.3 Å². The fourth-order valence-corrected chi connectivity index (χ4v) is 2.88. The van der Waals surface area contributed by atoms with Crippen molar-refractivity contribution in [2.75, 3.05) is 52.8 Å². The molecule has 29 heavy (non-hydrogen) atoms. The highest BCUT2D eigenvalue weighted by Gasteiger charge is 2.34. The fourth-order valence-electron chi connectivity index (χ4n) is 2.88. The molecule has 2 aromatic rings. The summed E-state index contributed by atoms with van der Waals surface area (Å²) in [6.07, 6.45) is 0. The highest BCUT2D eigenvalue weighted by Crippen LogP contribution is 2.21. The first-order valence-electron chi connectivity index (χ1n) is 9.63. The van der Waals surface area contributed by atoms with Crippen LogP contribution in [0.3, 0.4) is 0 Å². The number of ether oxygens (including phenoxy) is 4. The summed E-state index contributed by atoms with van der Waals surface area (Å²) in [5.74, 6) is 0.295. The van der Waals surface area contributed by atoms with Crippen molar-refractivity contribution in [1.82, 2.24) is 4.90 Å². The van der Waals surface area contributed by atoms with Crippen LogP contribution in [0.25, 0.3) is 0 Å². The second-order valence-corrected chi connectivity index (χ2v) is 6.31. The fraction of sp³-hybridized carbons (Fsp3) is 0.364. The molecule has 0 aliphatic carbocycles. The van der Waals surface area contributed by atoms with E-state index in [1.807, 2.05) is 30.3 Å². The second kappa shape index (κ2) is 11.3. The van der Waals surface area contributed by atoms with Crippen LogP contribution in [0.2, 0.25) is 0 Å². The maximum absolute atomic E-state index is 12.2.